The van der Waals surface area contributed by atoms with Gasteiger partial charge in [-0.25, -0.2) is 4.79 Å². The Morgan fingerprint density at radius 1 is 1.58 bits per heavy atom. The average molecular weight is 349 g/mol. The van der Waals surface area contributed by atoms with Gasteiger partial charge in [0.05, 0.1) is 10.6 Å². The summed E-state index contributed by atoms with van der Waals surface area (Å²) in [6.07, 6.45) is 0. The van der Waals surface area contributed by atoms with Gasteiger partial charge in [0.2, 0.25) is 0 Å². The van der Waals surface area contributed by atoms with Gasteiger partial charge in [-0.2, -0.15) is 0 Å². The summed E-state index contributed by atoms with van der Waals surface area (Å²) in [6, 6.07) is 5.88. The van der Waals surface area contributed by atoms with Gasteiger partial charge in [0.25, 0.3) is 0 Å². The number of likely N-dealkylation sites (tertiary alicyclic amines) is 1. The number of carbonyl (C=O) groups is 1. The van der Waals surface area contributed by atoms with Crippen LogP contribution in [0.2, 0.25) is 5.02 Å². The lowest BCUT2D eigenvalue weighted by Crippen LogP contribution is -2.61. The average Bonchev–Trinajstić information content (AvgIpc) is 2.29. The van der Waals surface area contributed by atoms with E-state index in [9.17, 15) is 4.79 Å². The molecule has 1 aliphatic rings. The quantitative estimate of drug-likeness (QED) is 0.889. The largest absolute Gasteiger partial charge is 0.480 e. The van der Waals surface area contributed by atoms with Crippen molar-refractivity contribution in [2.24, 2.45) is 0 Å². The molecule has 1 aliphatic heterocycles. The van der Waals surface area contributed by atoms with Crippen LogP contribution in [-0.2, 0) is 16.1 Å². The van der Waals surface area contributed by atoms with Crippen molar-refractivity contribution in [3.8, 4) is 0 Å². The molecule has 1 aromatic rings. The number of carboxylic acids is 1. The molecule has 1 aromatic carbocycles. The maximum Gasteiger partial charge on any atom is 0.329 e. The molecule has 1 saturated heterocycles. The van der Waals surface area contributed by atoms with Gasteiger partial charge in [0.1, 0.15) is 6.61 Å². The smallest absolute Gasteiger partial charge is 0.329 e. The highest BCUT2D eigenvalue weighted by Crippen LogP contribution is 2.28. The lowest BCUT2D eigenvalue weighted by Gasteiger charge is -2.47. The highest BCUT2D eigenvalue weighted by Gasteiger charge is 2.39. The van der Waals surface area contributed by atoms with E-state index in [1.165, 1.54) is 0 Å². The Bertz CT molecular complexity index is 489. The molecule has 2 rings (SSSR count). The molecule has 0 spiro atoms. The van der Waals surface area contributed by atoms with Gasteiger partial charge in [-0.15, -0.1) is 0 Å². The molecule has 1 heterocycles. The number of hydrogen-bond donors (Lipinski definition) is 1. The third-order valence-electron chi connectivity index (χ3n) is 3.05. The van der Waals surface area contributed by atoms with Gasteiger partial charge in [0, 0.05) is 24.1 Å². The second-order valence-corrected chi connectivity index (χ2v) is 6.29. The van der Waals surface area contributed by atoms with Gasteiger partial charge in [-0.05, 0) is 40.5 Å². The zero-order chi connectivity index (χ0) is 14.0. The van der Waals surface area contributed by atoms with Crippen LogP contribution in [0.4, 0.5) is 0 Å². The van der Waals surface area contributed by atoms with Crippen molar-refractivity contribution in [2.45, 2.75) is 19.1 Å². The van der Waals surface area contributed by atoms with Crippen LogP contribution >= 0.6 is 27.5 Å². The number of carboxylic acid groups (broad SMARTS) is 1. The van der Waals surface area contributed by atoms with Crippen molar-refractivity contribution in [1.29, 1.82) is 0 Å². The van der Waals surface area contributed by atoms with Crippen LogP contribution in [0.3, 0.4) is 0 Å². The normalized spacial score (nSPS) is 18.1. The molecule has 0 unspecified atom stereocenters. The molecule has 0 aromatic heterocycles. The van der Waals surface area contributed by atoms with Crippen molar-refractivity contribution in [3.63, 3.8) is 0 Å². The first-order chi connectivity index (χ1) is 8.88. The molecule has 0 aliphatic carbocycles. The molecule has 0 bridgehead atoms. The van der Waals surface area contributed by atoms with Crippen LogP contribution in [0.1, 0.15) is 12.5 Å². The van der Waals surface area contributed by atoms with Crippen molar-refractivity contribution in [2.75, 3.05) is 19.7 Å². The van der Waals surface area contributed by atoms with E-state index >= 15 is 0 Å². The standard InChI is InChI=1S/C13H15BrClNO3/c1-13(19-6-12(17)18)7-16(8-13)5-9-2-3-10(14)11(15)4-9/h2-4H,5-8H2,1H3,(H,17,18). The van der Waals surface area contributed by atoms with Crippen LogP contribution in [0.5, 0.6) is 0 Å². The number of aliphatic carboxylic acids is 1. The fraction of sp³-hybridized carbons (Fsp3) is 0.462. The van der Waals surface area contributed by atoms with Crippen LogP contribution in [0, 0.1) is 0 Å². The highest BCUT2D eigenvalue weighted by atomic mass is 79.9. The van der Waals surface area contributed by atoms with Gasteiger partial charge in [-0.1, -0.05) is 17.7 Å². The second-order valence-electron chi connectivity index (χ2n) is 5.03. The van der Waals surface area contributed by atoms with Crippen molar-refractivity contribution in [1.82, 2.24) is 4.90 Å². The van der Waals surface area contributed by atoms with Crippen molar-refractivity contribution < 1.29 is 14.6 Å². The molecule has 1 N–H and O–H groups in total. The Kier molecular flexibility index (Phi) is 4.50. The molecular weight excluding hydrogens is 334 g/mol. The summed E-state index contributed by atoms with van der Waals surface area (Å²) in [5.41, 5.74) is 0.783. The Morgan fingerprint density at radius 2 is 2.26 bits per heavy atom. The van der Waals surface area contributed by atoms with Crippen molar-refractivity contribution >= 4 is 33.5 Å². The van der Waals surface area contributed by atoms with Gasteiger partial charge in [0.15, 0.2) is 0 Å². The summed E-state index contributed by atoms with van der Waals surface area (Å²) in [5.74, 6) is -0.931. The number of ether oxygens (including phenoxy) is 1. The Labute approximate surface area is 125 Å². The van der Waals surface area contributed by atoms with E-state index in [1.807, 2.05) is 25.1 Å². The Hall–Kier alpha value is -0.620. The number of benzene rings is 1. The van der Waals surface area contributed by atoms with E-state index in [2.05, 4.69) is 20.8 Å². The lowest BCUT2D eigenvalue weighted by atomic mass is 9.95. The van der Waals surface area contributed by atoms with Gasteiger partial charge in [-0.3, -0.25) is 4.90 Å². The predicted molar refractivity (Wildman–Crippen MR) is 76.4 cm³/mol. The minimum absolute atomic E-state index is 0.242. The monoisotopic (exact) mass is 347 g/mol. The maximum absolute atomic E-state index is 10.5. The summed E-state index contributed by atoms with van der Waals surface area (Å²) >= 11 is 9.40. The van der Waals surface area contributed by atoms with Crippen LogP contribution in [-0.4, -0.2) is 41.3 Å². The second kappa shape index (κ2) is 5.79. The summed E-state index contributed by atoms with van der Waals surface area (Å²) in [5, 5.41) is 9.29. The zero-order valence-electron chi connectivity index (χ0n) is 10.5. The summed E-state index contributed by atoms with van der Waals surface area (Å²) in [6.45, 7) is 3.94. The van der Waals surface area contributed by atoms with E-state index in [1.54, 1.807) is 0 Å². The third-order valence-corrected chi connectivity index (χ3v) is 4.28. The number of nitrogens with zero attached hydrogens (tertiary/aromatic N) is 1. The van der Waals surface area contributed by atoms with E-state index in [0.29, 0.717) is 5.02 Å². The fourth-order valence-corrected chi connectivity index (χ4v) is 2.68. The number of rotatable bonds is 5. The number of hydrogen-bond acceptors (Lipinski definition) is 3. The molecule has 4 nitrogen and oxygen atoms in total. The summed E-state index contributed by atoms with van der Waals surface area (Å²) in [4.78, 5) is 12.7. The summed E-state index contributed by atoms with van der Waals surface area (Å²) in [7, 11) is 0. The molecule has 6 heteroatoms. The maximum atomic E-state index is 10.5. The van der Waals surface area contributed by atoms with E-state index < -0.39 is 5.97 Å². The molecular formula is C13H15BrClNO3. The van der Waals surface area contributed by atoms with Gasteiger partial charge >= 0.3 is 5.97 Å². The predicted octanol–water partition coefficient (Wildman–Crippen LogP) is 2.78. The van der Waals surface area contributed by atoms with Crippen LogP contribution in [0.25, 0.3) is 0 Å². The van der Waals surface area contributed by atoms with E-state index in [0.717, 1.165) is 29.7 Å². The van der Waals surface area contributed by atoms with E-state index in [-0.39, 0.29) is 12.2 Å². The first-order valence-corrected chi connectivity index (χ1v) is 7.07. The fourth-order valence-electron chi connectivity index (χ4n) is 2.23. The lowest BCUT2D eigenvalue weighted by molar-refractivity contribution is -0.165. The topological polar surface area (TPSA) is 49.8 Å². The third kappa shape index (κ3) is 3.92. The van der Waals surface area contributed by atoms with Crippen LogP contribution in [0.15, 0.2) is 22.7 Å². The molecule has 0 atom stereocenters. The first-order valence-electron chi connectivity index (χ1n) is 5.90. The summed E-state index contributed by atoms with van der Waals surface area (Å²) < 4.78 is 6.25. The molecule has 1 fully saturated rings. The molecule has 104 valence electrons. The van der Waals surface area contributed by atoms with Crippen molar-refractivity contribution in [3.05, 3.63) is 33.3 Å². The minimum atomic E-state index is -0.931. The Balaban J connectivity index is 1.84. The molecule has 0 saturated carbocycles. The molecule has 0 amide bonds. The van der Waals surface area contributed by atoms with Crippen LogP contribution < -0.4 is 0 Å². The number of halogens is 2. The SMILES string of the molecule is CC1(OCC(=O)O)CN(Cc2ccc(Br)c(Cl)c2)C1. The first kappa shape index (κ1) is 14.8. The molecule has 0 radical (unpaired) electrons. The minimum Gasteiger partial charge on any atom is -0.480 e. The van der Waals surface area contributed by atoms with Gasteiger partial charge < -0.3 is 9.84 Å². The molecule has 19 heavy (non-hydrogen) atoms. The Morgan fingerprint density at radius 3 is 2.84 bits per heavy atom. The van der Waals surface area contributed by atoms with E-state index in [4.69, 9.17) is 21.4 Å². The zero-order valence-corrected chi connectivity index (χ0v) is 12.9. The highest BCUT2D eigenvalue weighted by molar-refractivity contribution is 9.10.